The standard InChI is InChI=1S/C12H23N3/c1-12(2,3)10(13)9-11(14)15-7-5-4-6-8-15/h9,14H,4-8,13H2,1-3H3/b10-9-,14-11?. The number of rotatable bonds is 1. The van der Waals surface area contributed by atoms with Crippen LogP contribution in [0.25, 0.3) is 0 Å². The summed E-state index contributed by atoms with van der Waals surface area (Å²) >= 11 is 0. The van der Waals surface area contributed by atoms with Crippen LogP contribution in [0.1, 0.15) is 40.0 Å². The molecule has 0 aliphatic carbocycles. The summed E-state index contributed by atoms with van der Waals surface area (Å²) in [7, 11) is 0. The predicted molar refractivity (Wildman–Crippen MR) is 64.9 cm³/mol. The first-order valence-corrected chi connectivity index (χ1v) is 5.72. The first kappa shape index (κ1) is 12.1. The molecule has 1 saturated heterocycles. The van der Waals surface area contributed by atoms with Crippen LogP contribution in [0, 0.1) is 10.8 Å². The zero-order chi connectivity index (χ0) is 11.5. The third-order valence-corrected chi connectivity index (χ3v) is 2.85. The Hall–Kier alpha value is -0.990. The maximum Gasteiger partial charge on any atom is 0.122 e. The smallest absolute Gasteiger partial charge is 0.122 e. The van der Waals surface area contributed by atoms with Gasteiger partial charge in [-0.05, 0) is 25.3 Å². The van der Waals surface area contributed by atoms with E-state index in [9.17, 15) is 0 Å². The fourth-order valence-corrected chi connectivity index (χ4v) is 1.59. The normalized spacial score (nSPS) is 19.1. The Labute approximate surface area is 92.8 Å². The lowest BCUT2D eigenvalue weighted by atomic mass is 9.92. The molecule has 1 rings (SSSR count). The van der Waals surface area contributed by atoms with Crippen molar-refractivity contribution >= 4 is 5.84 Å². The van der Waals surface area contributed by atoms with Crippen molar-refractivity contribution in [3.8, 4) is 0 Å². The highest BCUT2D eigenvalue weighted by Crippen LogP contribution is 2.21. The first-order chi connectivity index (χ1) is 6.91. The van der Waals surface area contributed by atoms with Gasteiger partial charge in [0.2, 0.25) is 0 Å². The van der Waals surface area contributed by atoms with Crippen LogP contribution in [-0.4, -0.2) is 23.8 Å². The Morgan fingerprint density at radius 1 is 1.20 bits per heavy atom. The molecular formula is C12H23N3. The third kappa shape index (κ3) is 3.57. The number of piperidine rings is 1. The van der Waals surface area contributed by atoms with Crippen molar-refractivity contribution in [2.24, 2.45) is 11.1 Å². The maximum atomic E-state index is 7.96. The van der Waals surface area contributed by atoms with Crippen molar-refractivity contribution < 1.29 is 0 Å². The maximum absolute atomic E-state index is 7.96. The van der Waals surface area contributed by atoms with Crippen LogP contribution in [-0.2, 0) is 0 Å². The number of nitrogens with two attached hydrogens (primary N) is 1. The molecule has 0 aromatic rings. The molecule has 0 amide bonds. The largest absolute Gasteiger partial charge is 0.401 e. The Morgan fingerprint density at radius 2 is 1.73 bits per heavy atom. The molecule has 1 aliphatic rings. The van der Waals surface area contributed by atoms with Gasteiger partial charge in [0.05, 0.1) is 0 Å². The third-order valence-electron chi connectivity index (χ3n) is 2.85. The van der Waals surface area contributed by atoms with Crippen molar-refractivity contribution in [2.75, 3.05) is 13.1 Å². The Balaban J connectivity index is 2.60. The average Bonchev–Trinajstić information content (AvgIpc) is 2.17. The minimum Gasteiger partial charge on any atom is -0.401 e. The number of amidine groups is 1. The molecule has 15 heavy (non-hydrogen) atoms. The van der Waals surface area contributed by atoms with Gasteiger partial charge in [0, 0.05) is 24.2 Å². The van der Waals surface area contributed by atoms with Crippen LogP contribution in [0.15, 0.2) is 11.8 Å². The van der Waals surface area contributed by atoms with E-state index < -0.39 is 0 Å². The molecule has 0 aromatic carbocycles. The molecule has 0 saturated carbocycles. The van der Waals surface area contributed by atoms with E-state index in [1.54, 1.807) is 0 Å². The quantitative estimate of drug-likeness (QED) is 0.514. The van der Waals surface area contributed by atoms with E-state index in [-0.39, 0.29) is 5.41 Å². The molecule has 0 radical (unpaired) electrons. The van der Waals surface area contributed by atoms with Crippen LogP contribution in [0.3, 0.4) is 0 Å². The average molecular weight is 209 g/mol. The van der Waals surface area contributed by atoms with Crippen LogP contribution < -0.4 is 5.73 Å². The summed E-state index contributed by atoms with van der Waals surface area (Å²) in [4.78, 5) is 2.11. The lowest BCUT2D eigenvalue weighted by Gasteiger charge is -2.29. The summed E-state index contributed by atoms with van der Waals surface area (Å²) in [6.07, 6.45) is 5.50. The molecule has 0 bridgehead atoms. The highest BCUT2D eigenvalue weighted by atomic mass is 15.2. The van der Waals surface area contributed by atoms with Gasteiger partial charge in [0.15, 0.2) is 0 Å². The van der Waals surface area contributed by atoms with Crippen LogP contribution >= 0.6 is 0 Å². The summed E-state index contributed by atoms with van der Waals surface area (Å²) in [6.45, 7) is 8.23. The number of allylic oxidation sites excluding steroid dienone is 1. The number of likely N-dealkylation sites (tertiary alicyclic amines) is 1. The van der Waals surface area contributed by atoms with Crippen molar-refractivity contribution in [3.63, 3.8) is 0 Å². The van der Waals surface area contributed by atoms with Gasteiger partial charge in [-0.3, -0.25) is 5.41 Å². The zero-order valence-electron chi connectivity index (χ0n) is 10.1. The van der Waals surface area contributed by atoms with E-state index in [1.165, 1.54) is 19.3 Å². The molecule has 0 unspecified atom stereocenters. The number of nitrogens with zero attached hydrogens (tertiary/aromatic N) is 1. The minimum absolute atomic E-state index is 0.0396. The van der Waals surface area contributed by atoms with E-state index in [4.69, 9.17) is 11.1 Å². The van der Waals surface area contributed by atoms with Crippen molar-refractivity contribution in [3.05, 3.63) is 11.8 Å². The summed E-state index contributed by atoms with van der Waals surface area (Å²) in [5.41, 5.74) is 6.70. The van der Waals surface area contributed by atoms with E-state index in [1.807, 2.05) is 6.08 Å². The second-order valence-corrected chi connectivity index (χ2v) is 5.28. The molecule has 0 atom stereocenters. The summed E-state index contributed by atoms with van der Waals surface area (Å²) in [6, 6.07) is 0. The molecular weight excluding hydrogens is 186 g/mol. The van der Waals surface area contributed by atoms with Gasteiger partial charge in [-0.25, -0.2) is 0 Å². The molecule has 3 heteroatoms. The van der Waals surface area contributed by atoms with E-state index in [2.05, 4.69) is 25.7 Å². The number of nitrogens with one attached hydrogen (secondary N) is 1. The molecule has 0 aromatic heterocycles. The van der Waals surface area contributed by atoms with Gasteiger partial charge in [-0.1, -0.05) is 20.8 Å². The molecule has 1 aliphatic heterocycles. The fraction of sp³-hybridized carbons (Fsp3) is 0.750. The lowest BCUT2D eigenvalue weighted by molar-refractivity contribution is 0.341. The van der Waals surface area contributed by atoms with Crippen LogP contribution in [0.5, 0.6) is 0 Å². The summed E-state index contributed by atoms with van der Waals surface area (Å²) in [5.74, 6) is 0.571. The van der Waals surface area contributed by atoms with E-state index in [0.717, 1.165) is 18.8 Å². The number of hydrogen-bond acceptors (Lipinski definition) is 2. The van der Waals surface area contributed by atoms with E-state index in [0.29, 0.717) is 5.84 Å². The van der Waals surface area contributed by atoms with Crippen molar-refractivity contribution in [2.45, 2.75) is 40.0 Å². The Bertz CT molecular complexity index is 255. The highest BCUT2D eigenvalue weighted by Gasteiger charge is 2.17. The Kier molecular flexibility index (Phi) is 3.77. The van der Waals surface area contributed by atoms with Crippen molar-refractivity contribution in [1.29, 1.82) is 5.41 Å². The molecule has 3 nitrogen and oxygen atoms in total. The first-order valence-electron chi connectivity index (χ1n) is 5.72. The van der Waals surface area contributed by atoms with Gasteiger partial charge in [-0.15, -0.1) is 0 Å². The summed E-state index contributed by atoms with van der Waals surface area (Å²) < 4.78 is 0. The van der Waals surface area contributed by atoms with Gasteiger partial charge in [0.25, 0.3) is 0 Å². The molecule has 3 N–H and O–H groups in total. The molecule has 0 spiro atoms. The number of hydrogen-bond donors (Lipinski definition) is 2. The fourth-order valence-electron chi connectivity index (χ4n) is 1.59. The SMILES string of the molecule is CC(C)(C)/C(N)=C/C(=N)N1CCCCC1. The lowest BCUT2D eigenvalue weighted by Crippen LogP contribution is -2.35. The van der Waals surface area contributed by atoms with Gasteiger partial charge >= 0.3 is 0 Å². The zero-order valence-corrected chi connectivity index (χ0v) is 10.1. The molecule has 86 valence electrons. The van der Waals surface area contributed by atoms with Gasteiger partial charge in [-0.2, -0.15) is 0 Å². The van der Waals surface area contributed by atoms with E-state index >= 15 is 0 Å². The van der Waals surface area contributed by atoms with Crippen LogP contribution in [0.2, 0.25) is 0 Å². The molecule has 1 heterocycles. The van der Waals surface area contributed by atoms with Gasteiger partial charge in [0.1, 0.15) is 5.84 Å². The second-order valence-electron chi connectivity index (χ2n) is 5.28. The predicted octanol–water partition coefficient (Wildman–Crippen LogP) is 2.34. The topological polar surface area (TPSA) is 53.1 Å². The Morgan fingerprint density at radius 3 is 2.20 bits per heavy atom. The van der Waals surface area contributed by atoms with Crippen molar-refractivity contribution in [1.82, 2.24) is 4.90 Å². The van der Waals surface area contributed by atoms with Crippen LogP contribution in [0.4, 0.5) is 0 Å². The monoisotopic (exact) mass is 209 g/mol. The minimum atomic E-state index is -0.0396. The molecule has 1 fully saturated rings. The second kappa shape index (κ2) is 4.69. The highest BCUT2D eigenvalue weighted by molar-refractivity contribution is 5.90. The summed E-state index contributed by atoms with van der Waals surface area (Å²) in [5, 5.41) is 7.96. The van der Waals surface area contributed by atoms with Gasteiger partial charge < -0.3 is 10.6 Å².